The van der Waals surface area contributed by atoms with Crippen LogP contribution in [-0.4, -0.2) is 62.2 Å². The lowest BCUT2D eigenvalue weighted by Crippen LogP contribution is -2.46. The number of likely N-dealkylation sites (N-methyl/N-ethyl adjacent to an activating group) is 2. The summed E-state index contributed by atoms with van der Waals surface area (Å²) in [5.74, 6) is 0.838. The van der Waals surface area contributed by atoms with Crippen LogP contribution >= 0.6 is 0 Å². The van der Waals surface area contributed by atoms with Crippen LogP contribution in [0, 0.1) is 11.3 Å². The Morgan fingerprint density at radius 3 is 2.70 bits per heavy atom. The van der Waals surface area contributed by atoms with Crippen molar-refractivity contribution in [2.24, 2.45) is 11.3 Å². The average molecular weight is 281 g/mol. The fraction of sp³-hybridized carbons (Fsp3) is 1.00. The van der Waals surface area contributed by atoms with Crippen molar-refractivity contribution in [3.8, 4) is 0 Å². The van der Waals surface area contributed by atoms with Gasteiger partial charge in [0.1, 0.15) is 0 Å². The molecule has 2 aliphatic rings. The molecule has 3 heteroatoms. The molecule has 20 heavy (non-hydrogen) atoms. The van der Waals surface area contributed by atoms with Crippen LogP contribution in [0.3, 0.4) is 0 Å². The first-order chi connectivity index (χ1) is 9.53. The predicted octanol–water partition coefficient (Wildman–Crippen LogP) is 2.43. The summed E-state index contributed by atoms with van der Waals surface area (Å²) in [6, 6.07) is 0.797. The Kier molecular flexibility index (Phi) is 5.88. The first-order valence-electron chi connectivity index (χ1n) is 8.66. The molecular formula is C17H35N3. The lowest BCUT2D eigenvalue weighted by Gasteiger charge is -2.41. The molecule has 118 valence electrons. The van der Waals surface area contributed by atoms with E-state index in [0.29, 0.717) is 5.41 Å². The summed E-state index contributed by atoms with van der Waals surface area (Å²) in [7, 11) is 2.32. The molecule has 0 saturated carbocycles. The van der Waals surface area contributed by atoms with Gasteiger partial charge in [-0.2, -0.15) is 0 Å². The van der Waals surface area contributed by atoms with Gasteiger partial charge in [0.05, 0.1) is 0 Å². The van der Waals surface area contributed by atoms with Gasteiger partial charge >= 0.3 is 0 Å². The molecule has 0 aliphatic carbocycles. The predicted molar refractivity (Wildman–Crippen MR) is 87.1 cm³/mol. The van der Waals surface area contributed by atoms with Crippen molar-refractivity contribution >= 4 is 0 Å². The maximum absolute atomic E-state index is 3.58. The highest BCUT2D eigenvalue weighted by Crippen LogP contribution is 2.32. The summed E-state index contributed by atoms with van der Waals surface area (Å²) < 4.78 is 0. The SMILES string of the molecule is CCN1CCCC1CN(C)CC(C)(C)C1CCCNC1. The first-order valence-corrected chi connectivity index (χ1v) is 8.66. The molecule has 2 unspecified atom stereocenters. The summed E-state index contributed by atoms with van der Waals surface area (Å²) in [6.07, 6.45) is 5.54. The molecule has 1 N–H and O–H groups in total. The van der Waals surface area contributed by atoms with E-state index in [2.05, 4.69) is 42.9 Å². The fourth-order valence-electron chi connectivity index (χ4n) is 4.29. The second-order valence-corrected chi connectivity index (χ2v) is 7.65. The number of rotatable bonds is 6. The Labute approximate surface area is 126 Å². The molecular weight excluding hydrogens is 246 g/mol. The van der Waals surface area contributed by atoms with Gasteiger partial charge in [-0.3, -0.25) is 4.90 Å². The van der Waals surface area contributed by atoms with Gasteiger partial charge in [-0.15, -0.1) is 0 Å². The molecule has 2 rings (SSSR count). The zero-order valence-electron chi connectivity index (χ0n) is 14.1. The third-order valence-corrected chi connectivity index (χ3v) is 5.51. The molecule has 0 aromatic rings. The normalized spacial score (nSPS) is 29.2. The van der Waals surface area contributed by atoms with Crippen LogP contribution in [0.25, 0.3) is 0 Å². The van der Waals surface area contributed by atoms with Crippen molar-refractivity contribution in [3.05, 3.63) is 0 Å². The van der Waals surface area contributed by atoms with Crippen LogP contribution in [0.2, 0.25) is 0 Å². The molecule has 2 saturated heterocycles. The van der Waals surface area contributed by atoms with Gasteiger partial charge in [0.25, 0.3) is 0 Å². The number of likely N-dealkylation sites (tertiary alicyclic amines) is 1. The summed E-state index contributed by atoms with van der Waals surface area (Å²) in [5, 5.41) is 3.58. The van der Waals surface area contributed by atoms with Crippen LogP contribution in [0.4, 0.5) is 0 Å². The Balaban J connectivity index is 1.81. The van der Waals surface area contributed by atoms with Gasteiger partial charge < -0.3 is 10.2 Å². The number of hydrogen-bond donors (Lipinski definition) is 1. The molecule has 0 amide bonds. The van der Waals surface area contributed by atoms with Gasteiger partial charge in [-0.05, 0) is 70.2 Å². The number of nitrogens with zero attached hydrogens (tertiary/aromatic N) is 2. The molecule has 3 nitrogen and oxygen atoms in total. The summed E-state index contributed by atoms with van der Waals surface area (Å²) in [6.45, 7) is 14.7. The molecule has 0 radical (unpaired) electrons. The summed E-state index contributed by atoms with van der Waals surface area (Å²) >= 11 is 0. The maximum atomic E-state index is 3.58. The van der Waals surface area contributed by atoms with Crippen LogP contribution in [0.15, 0.2) is 0 Å². The lowest BCUT2D eigenvalue weighted by atomic mass is 9.74. The van der Waals surface area contributed by atoms with E-state index in [4.69, 9.17) is 0 Å². The van der Waals surface area contributed by atoms with Gasteiger partial charge in [0, 0.05) is 19.1 Å². The molecule has 2 heterocycles. The number of nitrogens with one attached hydrogen (secondary N) is 1. The molecule has 0 bridgehead atoms. The van der Waals surface area contributed by atoms with Crippen LogP contribution in [-0.2, 0) is 0 Å². The van der Waals surface area contributed by atoms with Crippen molar-refractivity contribution in [2.45, 2.75) is 52.5 Å². The monoisotopic (exact) mass is 281 g/mol. The minimum Gasteiger partial charge on any atom is -0.316 e. The highest BCUT2D eigenvalue weighted by atomic mass is 15.2. The average Bonchev–Trinajstić information content (AvgIpc) is 2.86. The molecule has 0 aromatic carbocycles. The van der Waals surface area contributed by atoms with Crippen molar-refractivity contribution in [1.29, 1.82) is 0 Å². The summed E-state index contributed by atoms with van der Waals surface area (Å²) in [5.41, 5.74) is 0.428. The van der Waals surface area contributed by atoms with Crippen molar-refractivity contribution in [3.63, 3.8) is 0 Å². The van der Waals surface area contributed by atoms with E-state index in [1.807, 2.05) is 0 Å². The Hall–Kier alpha value is -0.120. The minimum absolute atomic E-state index is 0.428. The first kappa shape index (κ1) is 16.3. The van der Waals surface area contributed by atoms with Gasteiger partial charge in [-0.1, -0.05) is 20.8 Å². The number of hydrogen-bond acceptors (Lipinski definition) is 3. The van der Waals surface area contributed by atoms with Crippen LogP contribution in [0.5, 0.6) is 0 Å². The topological polar surface area (TPSA) is 18.5 Å². The second-order valence-electron chi connectivity index (χ2n) is 7.65. The molecule has 2 atom stereocenters. The number of piperidine rings is 1. The van der Waals surface area contributed by atoms with E-state index in [1.54, 1.807) is 0 Å². The van der Waals surface area contributed by atoms with E-state index < -0.39 is 0 Å². The lowest BCUT2D eigenvalue weighted by molar-refractivity contribution is 0.0979. The van der Waals surface area contributed by atoms with Crippen molar-refractivity contribution in [1.82, 2.24) is 15.1 Å². The van der Waals surface area contributed by atoms with Gasteiger partial charge in [0.2, 0.25) is 0 Å². The smallest absolute Gasteiger partial charge is 0.0223 e. The third kappa shape index (κ3) is 4.19. The van der Waals surface area contributed by atoms with Gasteiger partial charge in [0.15, 0.2) is 0 Å². The highest BCUT2D eigenvalue weighted by molar-refractivity contribution is 4.87. The Morgan fingerprint density at radius 1 is 1.25 bits per heavy atom. The fourth-order valence-corrected chi connectivity index (χ4v) is 4.29. The van der Waals surface area contributed by atoms with Crippen LogP contribution in [0.1, 0.15) is 46.5 Å². The largest absolute Gasteiger partial charge is 0.316 e. The quantitative estimate of drug-likeness (QED) is 0.807. The minimum atomic E-state index is 0.428. The van der Waals surface area contributed by atoms with Crippen molar-refractivity contribution < 1.29 is 0 Å². The molecule has 2 aliphatic heterocycles. The zero-order chi connectivity index (χ0) is 14.6. The van der Waals surface area contributed by atoms with E-state index in [-0.39, 0.29) is 0 Å². The van der Waals surface area contributed by atoms with Gasteiger partial charge in [-0.25, -0.2) is 0 Å². The van der Waals surface area contributed by atoms with E-state index in [1.165, 1.54) is 65.0 Å². The Morgan fingerprint density at radius 2 is 2.05 bits per heavy atom. The molecule has 0 spiro atoms. The standard InChI is InChI=1S/C17H35N3/c1-5-20-11-7-9-16(20)13-19(4)14-17(2,3)15-8-6-10-18-12-15/h15-16,18H,5-14H2,1-4H3. The molecule has 0 aromatic heterocycles. The van der Waals surface area contributed by atoms with Crippen molar-refractivity contribution in [2.75, 3.05) is 46.3 Å². The molecule has 2 fully saturated rings. The second kappa shape index (κ2) is 7.24. The van der Waals surface area contributed by atoms with Crippen LogP contribution < -0.4 is 5.32 Å². The summed E-state index contributed by atoms with van der Waals surface area (Å²) in [4.78, 5) is 5.25. The maximum Gasteiger partial charge on any atom is 0.0223 e. The van der Waals surface area contributed by atoms with E-state index in [9.17, 15) is 0 Å². The van der Waals surface area contributed by atoms with E-state index in [0.717, 1.165) is 12.0 Å². The van der Waals surface area contributed by atoms with E-state index >= 15 is 0 Å². The third-order valence-electron chi connectivity index (χ3n) is 5.51. The Bertz CT molecular complexity index is 284. The zero-order valence-corrected chi connectivity index (χ0v) is 14.1. The highest BCUT2D eigenvalue weighted by Gasteiger charge is 2.32.